The standard InChI is InChI=1S/C24H27N3O2/c1-17-8-9-20(14-18(17)2)23-15-22(24(29)26-12-10-21(28)11-13-26)25-27(23)16-19-6-4-3-5-7-19/h3-9,14-15,21,28H,10-13,16H2,1-2H3. The molecule has 5 nitrogen and oxygen atoms in total. The Balaban J connectivity index is 1.70. The van der Waals surface area contributed by atoms with Crippen molar-refractivity contribution in [1.82, 2.24) is 14.7 Å². The molecule has 0 bridgehead atoms. The molecule has 1 amide bonds. The van der Waals surface area contributed by atoms with Crippen molar-refractivity contribution in [3.63, 3.8) is 0 Å². The molecule has 29 heavy (non-hydrogen) atoms. The fourth-order valence-corrected chi connectivity index (χ4v) is 3.76. The fraction of sp³-hybridized carbons (Fsp3) is 0.333. The molecule has 1 aliphatic heterocycles. The smallest absolute Gasteiger partial charge is 0.274 e. The Kier molecular flexibility index (Phi) is 5.49. The van der Waals surface area contributed by atoms with Gasteiger partial charge in [-0.05, 0) is 55.5 Å². The number of piperidine rings is 1. The maximum atomic E-state index is 13.0. The summed E-state index contributed by atoms with van der Waals surface area (Å²) in [4.78, 5) is 14.8. The van der Waals surface area contributed by atoms with Crippen LogP contribution in [0.15, 0.2) is 54.6 Å². The zero-order chi connectivity index (χ0) is 20.4. The van der Waals surface area contributed by atoms with Crippen LogP contribution in [0.1, 0.15) is 40.0 Å². The molecule has 0 spiro atoms. The average Bonchev–Trinajstić information content (AvgIpc) is 3.14. The van der Waals surface area contributed by atoms with Crippen molar-refractivity contribution in [3.8, 4) is 11.3 Å². The highest BCUT2D eigenvalue weighted by molar-refractivity contribution is 5.93. The van der Waals surface area contributed by atoms with Crippen molar-refractivity contribution in [1.29, 1.82) is 0 Å². The van der Waals surface area contributed by atoms with E-state index in [4.69, 9.17) is 5.10 Å². The van der Waals surface area contributed by atoms with Crippen molar-refractivity contribution in [3.05, 3.63) is 77.0 Å². The van der Waals surface area contributed by atoms with Crippen molar-refractivity contribution < 1.29 is 9.90 Å². The lowest BCUT2D eigenvalue weighted by molar-refractivity contribution is 0.0541. The number of aliphatic hydroxyl groups excluding tert-OH is 1. The minimum absolute atomic E-state index is 0.0613. The van der Waals surface area contributed by atoms with Gasteiger partial charge in [0, 0.05) is 18.7 Å². The third-order valence-corrected chi connectivity index (χ3v) is 5.73. The second-order valence-electron chi connectivity index (χ2n) is 7.88. The lowest BCUT2D eigenvalue weighted by Crippen LogP contribution is -2.40. The number of aryl methyl sites for hydroxylation is 2. The van der Waals surface area contributed by atoms with Crippen LogP contribution in [0.5, 0.6) is 0 Å². The summed E-state index contributed by atoms with van der Waals surface area (Å²) >= 11 is 0. The van der Waals surface area contributed by atoms with Gasteiger partial charge in [0.25, 0.3) is 5.91 Å². The van der Waals surface area contributed by atoms with Gasteiger partial charge in [0.1, 0.15) is 0 Å². The van der Waals surface area contributed by atoms with Gasteiger partial charge in [0.15, 0.2) is 5.69 Å². The Hall–Kier alpha value is -2.92. The lowest BCUT2D eigenvalue weighted by atomic mass is 10.0. The molecule has 5 heteroatoms. The van der Waals surface area contributed by atoms with Gasteiger partial charge in [0.05, 0.1) is 18.3 Å². The van der Waals surface area contributed by atoms with Crippen LogP contribution in [-0.2, 0) is 6.54 Å². The molecule has 1 aromatic heterocycles. The number of amides is 1. The number of hydrogen-bond donors (Lipinski definition) is 1. The Bertz CT molecular complexity index is 1000. The first-order chi connectivity index (χ1) is 14.0. The number of benzene rings is 2. The summed E-state index contributed by atoms with van der Waals surface area (Å²) in [5.41, 5.74) is 6.06. The quantitative estimate of drug-likeness (QED) is 0.738. The molecule has 4 rings (SSSR count). The number of likely N-dealkylation sites (tertiary alicyclic amines) is 1. The Morgan fingerprint density at radius 2 is 1.76 bits per heavy atom. The maximum absolute atomic E-state index is 13.0. The van der Waals surface area contributed by atoms with Crippen LogP contribution in [0, 0.1) is 13.8 Å². The van der Waals surface area contributed by atoms with E-state index in [2.05, 4.69) is 44.2 Å². The van der Waals surface area contributed by atoms with Gasteiger partial charge in [-0.2, -0.15) is 5.10 Å². The summed E-state index contributed by atoms with van der Waals surface area (Å²) in [6.07, 6.45) is 0.946. The highest BCUT2D eigenvalue weighted by Crippen LogP contribution is 2.25. The highest BCUT2D eigenvalue weighted by Gasteiger charge is 2.25. The van der Waals surface area contributed by atoms with Crippen molar-refractivity contribution in [2.75, 3.05) is 13.1 Å². The van der Waals surface area contributed by atoms with Gasteiger partial charge in [-0.1, -0.05) is 42.5 Å². The first kappa shape index (κ1) is 19.4. The van der Waals surface area contributed by atoms with E-state index in [0.29, 0.717) is 38.2 Å². The zero-order valence-electron chi connectivity index (χ0n) is 17.0. The number of aromatic nitrogens is 2. The molecule has 1 fully saturated rings. The van der Waals surface area contributed by atoms with Crippen molar-refractivity contribution in [2.45, 2.75) is 39.3 Å². The minimum Gasteiger partial charge on any atom is -0.393 e. The van der Waals surface area contributed by atoms with Crippen LogP contribution in [0.3, 0.4) is 0 Å². The van der Waals surface area contributed by atoms with Crippen LogP contribution < -0.4 is 0 Å². The summed E-state index contributed by atoms with van der Waals surface area (Å²) in [7, 11) is 0. The molecule has 0 unspecified atom stereocenters. The molecular weight excluding hydrogens is 362 g/mol. The molecule has 1 aliphatic rings. The molecule has 1 N–H and O–H groups in total. The lowest BCUT2D eigenvalue weighted by Gasteiger charge is -2.28. The molecule has 0 aliphatic carbocycles. The topological polar surface area (TPSA) is 58.4 Å². The first-order valence-electron chi connectivity index (χ1n) is 10.2. The molecular formula is C24H27N3O2. The molecule has 2 heterocycles. The number of nitrogens with zero attached hydrogens (tertiary/aromatic N) is 3. The largest absolute Gasteiger partial charge is 0.393 e. The molecule has 2 aromatic carbocycles. The third-order valence-electron chi connectivity index (χ3n) is 5.73. The van der Waals surface area contributed by atoms with Gasteiger partial charge in [0.2, 0.25) is 0 Å². The van der Waals surface area contributed by atoms with E-state index in [1.165, 1.54) is 11.1 Å². The predicted molar refractivity (Wildman–Crippen MR) is 114 cm³/mol. The molecule has 0 atom stereocenters. The predicted octanol–water partition coefficient (Wildman–Crippen LogP) is 3.81. The Labute approximate surface area is 171 Å². The van der Waals surface area contributed by atoms with Gasteiger partial charge in [-0.3, -0.25) is 9.48 Å². The van der Waals surface area contributed by atoms with E-state index in [-0.39, 0.29) is 12.0 Å². The summed E-state index contributed by atoms with van der Waals surface area (Å²) in [5, 5.41) is 14.4. The Morgan fingerprint density at radius 3 is 2.45 bits per heavy atom. The summed E-state index contributed by atoms with van der Waals surface area (Å²) in [6.45, 7) is 5.95. The van der Waals surface area contributed by atoms with E-state index < -0.39 is 0 Å². The van der Waals surface area contributed by atoms with Crippen LogP contribution >= 0.6 is 0 Å². The van der Waals surface area contributed by atoms with Crippen LogP contribution in [0.25, 0.3) is 11.3 Å². The monoisotopic (exact) mass is 389 g/mol. The SMILES string of the molecule is Cc1ccc(-c2cc(C(=O)N3CCC(O)CC3)nn2Cc2ccccc2)cc1C. The van der Waals surface area contributed by atoms with Crippen LogP contribution in [0.2, 0.25) is 0 Å². The van der Waals surface area contributed by atoms with Gasteiger partial charge >= 0.3 is 0 Å². The number of rotatable bonds is 4. The van der Waals surface area contributed by atoms with Crippen LogP contribution in [0.4, 0.5) is 0 Å². The van der Waals surface area contributed by atoms with E-state index in [1.54, 1.807) is 4.90 Å². The molecule has 1 saturated heterocycles. The van der Waals surface area contributed by atoms with E-state index in [9.17, 15) is 9.90 Å². The average molecular weight is 389 g/mol. The molecule has 3 aromatic rings. The zero-order valence-corrected chi connectivity index (χ0v) is 17.0. The van der Waals surface area contributed by atoms with Crippen LogP contribution in [-0.4, -0.2) is 44.9 Å². The minimum atomic E-state index is -0.305. The van der Waals surface area contributed by atoms with Crippen molar-refractivity contribution >= 4 is 5.91 Å². The van der Waals surface area contributed by atoms with E-state index in [1.807, 2.05) is 28.9 Å². The fourth-order valence-electron chi connectivity index (χ4n) is 3.76. The second kappa shape index (κ2) is 8.21. The summed E-state index contributed by atoms with van der Waals surface area (Å²) < 4.78 is 1.92. The number of hydrogen-bond acceptors (Lipinski definition) is 3. The van der Waals surface area contributed by atoms with Gasteiger partial charge in [-0.15, -0.1) is 0 Å². The molecule has 150 valence electrons. The van der Waals surface area contributed by atoms with Gasteiger partial charge < -0.3 is 10.0 Å². The molecule has 0 saturated carbocycles. The van der Waals surface area contributed by atoms with E-state index >= 15 is 0 Å². The third kappa shape index (κ3) is 4.25. The summed E-state index contributed by atoms with van der Waals surface area (Å²) in [6, 6.07) is 18.4. The Morgan fingerprint density at radius 1 is 1.03 bits per heavy atom. The van der Waals surface area contributed by atoms with E-state index in [0.717, 1.165) is 16.8 Å². The highest BCUT2D eigenvalue weighted by atomic mass is 16.3. The normalized spacial score (nSPS) is 14.9. The number of aliphatic hydroxyl groups is 1. The number of carbonyl (C=O) groups is 1. The molecule has 0 radical (unpaired) electrons. The summed E-state index contributed by atoms with van der Waals surface area (Å²) in [5.74, 6) is -0.0613. The first-order valence-corrected chi connectivity index (χ1v) is 10.2. The van der Waals surface area contributed by atoms with Crippen molar-refractivity contribution in [2.24, 2.45) is 0 Å². The second-order valence-corrected chi connectivity index (χ2v) is 7.88. The maximum Gasteiger partial charge on any atom is 0.274 e. The number of carbonyl (C=O) groups excluding carboxylic acids is 1. The van der Waals surface area contributed by atoms with Gasteiger partial charge in [-0.25, -0.2) is 0 Å².